The van der Waals surface area contributed by atoms with Gasteiger partial charge in [0.2, 0.25) is 0 Å². The van der Waals surface area contributed by atoms with Crippen LogP contribution in [0.4, 0.5) is 0 Å². The highest BCUT2D eigenvalue weighted by Gasteiger charge is 2.37. The van der Waals surface area contributed by atoms with Gasteiger partial charge >= 0.3 is 5.97 Å². The van der Waals surface area contributed by atoms with Gasteiger partial charge < -0.3 is 13.9 Å². The average Bonchev–Trinajstić information content (AvgIpc) is 2.81. The lowest BCUT2D eigenvalue weighted by Gasteiger charge is -2.33. The molecule has 1 heterocycles. The van der Waals surface area contributed by atoms with Gasteiger partial charge in [0, 0.05) is 5.39 Å². The molecule has 3 rings (SSSR count). The Morgan fingerprint density at radius 2 is 2.17 bits per heavy atom. The number of fused-ring (bicyclic) bond motifs is 1. The van der Waals surface area contributed by atoms with Crippen LogP contribution in [0.25, 0.3) is 11.0 Å². The van der Waals surface area contributed by atoms with Crippen LogP contribution in [0.15, 0.2) is 34.9 Å². The number of furan rings is 1. The number of ether oxygens (including phenoxy) is 2. The van der Waals surface area contributed by atoms with Crippen LogP contribution < -0.4 is 4.74 Å². The van der Waals surface area contributed by atoms with E-state index in [-0.39, 0.29) is 18.0 Å². The van der Waals surface area contributed by atoms with Crippen LogP contribution in [0.2, 0.25) is 0 Å². The van der Waals surface area contributed by atoms with Crippen LogP contribution in [-0.2, 0) is 9.53 Å². The maximum Gasteiger partial charge on any atom is 0.308 e. The SMILES string of the molecule is COC(=O)C1CC(Oc2cccc3ccoc23)C1. The fourth-order valence-corrected chi connectivity index (χ4v) is 2.26. The van der Waals surface area contributed by atoms with Gasteiger partial charge in [0.05, 0.1) is 19.3 Å². The summed E-state index contributed by atoms with van der Waals surface area (Å²) < 4.78 is 15.9. The number of methoxy groups -OCH3 is 1. The van der Waals surface area contributed by atoms with E-state index in [4.69, 9.17) is 13.9 Å². The molecule has 0 saturated heterocycles. The fraction of sp³-hybridized carbons (Fsp3) is 0.357. The first kappa shape index (κ1) is 11.1. The molecule has 0 atom stereocenters. The molecule has 1 saturated carbocycles. The molecule has 18 heavy (non-hydrogen) atoms. The molecule has 4 nitrogen and oxygen atoms in total. The third kappa shape index (κ3) is 1.83. The van der Waals surface area contributed by atoms with E-state index in [1.165, 1.54) is 7.11 Å². The van der Waals surface area contributed by atoms with Gasteiger partial charge in [0.1, 0.15) is 6.10 Å². The quantitative estimate of drug-likeness (QED) is 0.781. The zero-order valence-electron chi connectivity index (χ0n) is 10.1. The number of esters is 1. The maximum atomic E-state index is 11.3. The molecule has 4 heteroatoms. The molecule has 1 aliphatic rings. The second-order valence-corrected chi connectivity index (χ2v) is 4.53. The first-order valence-electron chi connectivity index (χ1n) is 5.98. The van der Waals surface area contributed by atoms with E-state index in [0.29, 0.717) is 12.8 Å². The normalized spacial score (nSPS) is 22.5. The summed E-state index contributed by atoms with van der Waals surface area (Å²) in [4.78, 5) is 11.3. The van der Waals surface area contributed by atoms with Gasteiger partial charge in [-0.05, 0) is 25.0 Å². The topological polar surface area (TPSA) is 48.7 Å². The van der Waals surface area contributed by atoms with Crippen LogP contribution in [0.1, 0.15) is 12.8 Å². The Hall–Kier alpha value is -1.97. The Bertz CT molecular complexity index is 566. The average molecular weight is 246 g/mol. The summed E-state index contributed by atoms with van der Waals surface area (Å²) in [6.45, 7) is 0. The zero-order valence-corrected chi connectivity index (χ0v) is 10.1. The molecule has 2 aromatic rings. The first-order valence-corrected chi connectivity index (χ1v) is 5.98. The summed E-state index contributed by atoms with van der Waals surface area (Å²) in [5.41, 5.74) is 0.763. The number of benzene rings is 1. The van der Waals surface area contributed by atoms with E-state index in [0.717, 1.165) is 16.7 Å². The van der Waals surface area contributed by atoms with Crippen molar-refractivity contribution in [3.05, 3.63) is 30.5 Å². The van der Waals surface area contributed by atoms with Crippen molar-refractivity contribution < 1.29 is 18.7 Å². The number of para-hydroxylation sites is 1. The van der Waals surface area contributed by atoms with Gasteiger partial charge in [-0.1, -0.05) is 12.1 Å². The third-order valence-electron chi connectivity index (χ3n) is 3.37. The molecule has 0 aliphatic heterocycles. The van der Waals surface area contributed by atoms with Gasteiger partial charge in [0.25, 0.3) is 0 Å². The lowest BCUT2D eigenvalue weighted by atomic mass is 9.82. The maximum absolute atomic E-state index is 11.3. The summed E-state index contributed by atoms with van der Waals surface area (Å²) in [5.74, 6) is 0.577. The van der Waals surface area contributed by atoms with Gasteiger partial charge in [-0.3, -0.25) is 4.79 Å². The molecule has 0 radical (unpaired) electrons. The van der Waals surface area contributed by atoms with Crippen molar-refractivity contribution in [3.8, 4) is 5.75 Å². The molecule has 1 aliphatic carbocycles. The summed E-state index contributed by atoms with van der Waals surface area (Å²) >= 11 is 0. The Kier molecular flexibility index (Phi) is 2.70. The van der Waals surface area contributed by atoms with Crippen molar-refractivity contribution in [2.75, 3.05) is 7.11 Å². The van der Waals surface area contributed by atoms with E-state index < -0.39 is 0 Å². The van der Waals surface area contributed by atoms with E-state index in [9.17, 15) is 4.79 Å². The third-order valence-corrected chi connectivity index (χ3v) is 3.37. The van der Waals surface area contributed by atoms with Crippen molar-refractivity contribution in [1.82, 2.24) is 0 Å². The van der Waals surface area contributed by atoms with E-state index >= 15 is 0 Å². The lowest BCUT2D eigenvalue weighted by Crippen LogP contribution is -2.38. The number of carbonyl (C=O) groups is 1. The molecule has 1 fully saturated rings. The monoisotopic (exact) mass is 246 g/mol. The molecule has 0 unspecified atom stereocenters. The highest BCUT2D eigenvalue weighted by Crippen LogP contribution is 2.35. The summed E-state index contributed by atoms with van der Waals surface area (Å²) in [5, 5.41) is 1.02. The largest absolute Gasteiger partial charge is 0.486 e. The van der Waals surface area contributed by atoms with Crippen molar-refractivity contribution in [3.63, 3.8) is 0 Å². The molecule has 1 aromatic carbocycles. The molecule has 0 N–H and O–H groups in total. The van der Waals surface area contributed by atoms with Crippen LogP contribution in [0.3, 0.4) is 0 Å². The Balaban J connectivity index is 1.68. The molecule has 94 valence electrons. The molecule has 0 amide bonds. The molecular formula is C14H14O4. The van der Waals surface area contributed by atoms with Crippen molar-refractivity contribution in [1.29, 1.82) is 0 Å². The van der Waals surface area contributed by atoms with Crippen LogP contribution in [-0.4, -0.2) is 19.2 Å². The van der Waals surface area contributed by atoms with Crippen molar-refractivity contribution >= 4 is 16.9 Å². The summed E-state index contributed by atoms with van der Waals surface area (Å²) in [7, 11) is 1.42. The van der Waals surface area contributed by atoms with Crippen molar-refractivity contribution in [2.45, 2.75) is 18.9 Å². The predicted molar refractivity (Wildman–Crippen MR) is 65.4 cm³/mol. The smallest absolute Gasteiger partial charge is 0.308 e. The predicted octanol–water partition coefficient (Wildman–Crippen LogP) is 2.76. The van der Waals surface area contributed by atoms with Crippen LogP contribution >= 0.6 is 0 Å². The number of rotatable bonds is 3. The van der Waals surface area contributed by atoms with Crippen molar-refractivity contribution in [2.24, 2.45) is 5.92 Å². The zero-order chi connectivity index (χ0) is 12.5. The second kappa shape index (κ2) is 4.37. The number of hydrogen-bond acceptors (Lipinski definition) is 4. The standard InChI is InChI=1S/C14H14O4/c1-16-14(15)10-7-11(8-10)18-12-4-2-3-9-5-6-17-13(9)12/h2-6,10-11H,7-8H2,1H3. The molecule has 1 aromatic heterocycles. The van der Waals surface area contributed by atoms with Gasteiger partial charge in [0.15, 0.2) is 11.3 Å². The lowest BCUT2D eigenvalue weighted by molar-refractivity contribution is -0.151. The van der Waals surface area contributed by atoms with Crippen LogP contribution in [0.5, 0.6) is 5.75 Å². The van der Waals surface area contributed by atoms with E-state index in [1.54, 1.807) is 6.26 Å². The van der Waals surface area contributed by atoms with E-state index in [1.807, 2.05) is 24.3 Å². The number of hydrogen-bond donors (Lipinski definition) is 0. The fourth-order valence-electron chi connectivity index (χ4n) is 2.26. The highest BCUT2D eigenvalue weighted by molar-refractivity contribution is 5.82. The summed E-state index contributed by atoms with van der Waals surface area (Å²) in [6, 6.07) is 7.70. The Labute approximate surface area is 104 Å². The minimum atomic E-state index is -0.147. The van der Waals surface area contributed by atoms with E-state index in [2.05, 4.69) is 0 Å². The molecule has 0 bridgehead atoms. The van der Waals surface area contributed by atoms with Gasteiger partial charge in [-0.25, -0.2) is 0 Å². The Morgan fingerprint density at radius 3 is 2.94 bits per heavy atom. The molecular weight excluding hydrogens is 232 g/mol. The Morgan fingerprint density at radius 1 is 1.33 bits per heavy atom. The van der Waals surface area contributed by atoms with Gasteiger partial charge in [-0.2, -0.15) is 0 Å². The minimum absolute atomic E-state index is 0.0178. The molecule has 0 spiro atoms. The number of carbonyl (C=O) groups excluding carboxylic acids is 1. The highest BCUT2D eigenvalue weighted by atomic mass is 16.5. The van der Waals surface area contributed by atoms with Gasteiger partial charge in [-0.15, -0.1) is 0 Å². The minimum Gasteiger partial charge on any atom is -0.486 e. The van der Waals surface area contributed by atoms with Crippen LogP contribution in [0, 0.1) is 5.92 Å². The second-order valence-electron chi connectivity index (χ2n) is 4.53. The summed E-state index contributed by atoms with van der Waals surface area (Å²) in [6.07, 6.45) is 3.15. The first-order chi connectivity index (χ1) is 8.78.